The Labute approximate surface area is 227 Å². The van der Waals surface area contributed by atoms with Gasteiger partial charge in [-0.25, -0.2) is 0 Å². The SMILES string of the molecule is C=Cc1cccc(C[N+](CCCCCC(C)C)(CCCCCC(C)C)CCCCCC(C)C)c1.[Cl-]. The highest BCUT2D eigenvalue weighted by Crippen LogP contribution is 2.23. The van der Waals surface area contributed by atoms with E-state index in [1.54, 1.807) is 0 Å². The first-order valence-electron chi connectivity index (χ1n) is 14.8. The van der Waals surface area contributed by atoms with Crippen LogP contribution < -0.4 is 12.4 Å². The number of rotatable bonds is 21. The standard InChI is InChI=1S/C33H60N.ClH/c1-8-32-22-18-23-33(27-32)28-34(24-15-9-12-19-29(2)3,25-16-10-13-20-30(4)5)26-17-11-14-21-31(6)7;/h8,18,22-23,27,29-31H,1,9-17,19-21,24-26,28H2,2-7H3;1H/q+1;/p-1. The molecule has 0 bridgehead atoms. The molecular weight excluding hydrogens is 446 g/mol. The molecular formula is C33H60ClN. The lowest BCUT2D eigenvalue weighted by Gasteiger charge is -2.40. The van der Waals surface area contributed by atoms with Crippen molar-refractivity contribution in [3.05, 3.63) is 42.0 Å². The fraction of sp³-hybridized carbons (Fsp3) is 0.758. The van der Waals surface area contributed by atoms with E-state index in [9.17, 15) is 0 Å². The highest BCUT2D eigenvalue weighted by Gasteiger charge is 2.27. The third-order valence-electron chi connectivity index (χ3n) is 7.45. The number of benzene rings is 1. The molecule has 1 nitrogen and oxygen atoms in total. The molecule has 0 saturated carbocycles. The minimum Gasteiger partial charge on any atom is -1.00 e. The Balaban J connectivity index is 0.0000116. The lowest BCUT2D eigenvalue weighted by Crippen LogP contribution is -3.00. The Kier molecular flexibility index (Phi) is 19.8. The molecule has 0 aromatic heterocycles. The molecule has 0 radical (unpaired) electrons. The van der Waals surface area contributed by atoms with Gasteiger partial charge < -0.3 is 16.9 Å². The molecule has 0 saturated heterocycles. The molecule has 1 rings (SSSR count). The number of halogens is 1. The van der Waals surface area contributed by atoms with Gasteiger partial charge in [-0.3, -0.25) is 0 Å². The van der Waals surface area contributed by atoms with Crippen molar-refractivity contribution in [2.24, 2.45) is 17.8 Å². The summed E-state index contributed by atoms with van der Waals surface area (Å²) in [6.07, 6.45) is 18.7. The zero-order chi connectivity index (χ0) is 25.2. The maximum Gasteiger partial charge on any atom is 0.104 e. The Bertz CT molecular complexity index is 588. The fourth-order valence-electron chi connectivity index (χ4n) is 5.31. The van der Waals surface area contributed by atoms with Gasteiger partial charge in [0.15, 0.2) is 0 Å². The molecule has 0 amide bonds. The van der Waals surface area contributed by atoms with Gasteiger partial charge in [0, 0.05) is 5.56 Å². The van der Waals surface area contributed by atoms with E-state index in [4.69, 9.17) is 0 Å². The second-order valence-electron chi connectivity index (χ2n) is 12.3. The average molecular weight is 506 g/mol. The van der Waals surface area contributed by atoms with E-state index in [0.29, 0.717) is 0 Å². The van der Waals surface area contributed by atoms with Crippen LogP contribution in [-0.4, -0.2) is 24.1 Å². The number of nitrogens with zero attached hydrogens (tertiary/aromatic N) is 1. The largest absolute Gasteiger partial charge is 1.00 e. The van der Waals surface area contributed by atoms with Gasteiger partial charge in [-0.2, -0.15) is 0 Å². The summed E-state index contributed by atoms with van der Waals surface area (Å²) in [5.74, 6) is 2.51. The predicted octanol–water partition coefficient (Wildman–Crippen LogP) is 7.30. The zero-order valence-electron chi connectivity index (χ0n) is 24.5. The molecule has 0 heterocycles. The van der Waals surface area contributed by atoms with Crippen LogP contribution in [0, 0.1) is 17.8 Å². The van der Waals surface area contributed by atoms with Crippen LogP contribution in [0.5, 0.6) is 0 Å². The van der Waals surface area contributed by atoms with Crippen LogP contribution >= 0.6 is 0 Å². The van der Waals surface area contributed by atoms with E-state index in [1.165, 1.54) is 119 Å². The van der Waals surface area contributed by atoms with Gasteiger partial charge in [0.1, 0.15) is 6.54 Å². The maximum atomic E-state index is 4.02. The summed E-state index contributed by atoms with van der Waals surface area (Å²) in [5, 5.41) is 0. The fourth-order valence-corrected chi connectivity index (χ4v) is 5.31. The Morgan fingerprint density at radius 2 is 1.09 bits per heavy atom. The van der Waals surface area contributed by atoms with Gasteiger partial charge in [-0.15, -0.1) is 0 Å². The molecule has 0 unspecified atom stereocenters. The molecule has 204 valence electrons. The van der Waals surface area contributed by atoms with Crippen molar-refractivity contribution < 1.29 is 16.9 Å². The van der Waals surface area contributed by atoms with Crippen molar-refractivity contribution in [1.29, 1.82) is 0 Å². The third kappa shape index (κ3) is 17.3. The minimum atomic E-state index is 0. The smallest absolute Gasteiger partial charge is 0.104 e. The average Bonchev–Trinajstić information content (AvgIpc) is 2.78. The van der Waals surface area contributed by atoms with E-state index < -0.39 is 0 Å². The van der Waals surface area contributed by atoms with Gasteiger partial charge in [-0.05, 0) is 67.9 Å². The second-order valence-corrected chi connectivity index (χ2v) is 12.3. The molecule has 0 aliphatic heterocycles. The monoisotopic (exact) mass is 505 g/mol. The van der Waals surface area contributed by atoms with Crippen molar-refractivity contribution in [2.45, 2.75) is 125 Å². The van der Waals surface area contributed by atoms with Gasteiger partial charge in [0.05, 0.1) is 19.6 Å². The molecule has 2 heteroatoms. The molecule has 0 spiro atoms. The summed E-state index contributed by atoms with van der Waals surface area (Å²) in [6, 6.07) is 9.16. The van der Waals surface area contributed by atoms with Crippen LogP contribution in [0.2, 0.25) is 0 Å². The summed E-state index contributed by atoms with van der Waals surface area (Å²) in [5.41, 5.74) is 2.77. The minimum absolute atomic E-state index is 0. The molecule has 35 heavy (non-hydrogen) atoms. The quantitative estimate of drug-likeness (QED) is 0.121. The van der Waals surface area contributed by atoms with Crippen molar-refractivity contribution in [2.75, 3.05) is 19.6 Å². The lowest BCUT2D eigenvalue weighted by molar-refractivity contribution is -0.941. The Hall–Kier alpha value is -0.790. The number of unbranched alkanes of at least 4 members (excludes halogenated alkanes) is 6. The molecule has 0 aliphatic rings. The molecule has 1 aromatic carbocycles. The lowest BCUT2D eigenvalue weighted by atomic mass is 10.0. The van der Waals surface area contributed by atoms with Crippen LogP contribution in [0.25, 0.3) is 6.08 Å². The van der Waals surface area contributed by atoms with Gasteiger partial charge in [-0.1, -0.05) is 111 Å². The molecule has 0 aliphatic carbocycles. The Morgan fingerprint density at radius 1 is 0.657 bits per heavy atom. The number of hydrogen-bond donors (Lipinski definition) is 0. The number of quaternary nitrogens is 1. The zero-order valence-corrected chi connectivity index (χ0v) is 25.2. The highest BCUT2D eigenvalue weighted by molar-refractivity contribution is 5.47. The van der Waals surface area contributed by atoms with E-state index in [1.807, 2.05) is 6.08 Å². The van der Waals surface area contributed by atoms with Crippen molar-refractivity contribution in [3.8, 4) is 0 Å². The van der Waals surface area contributed by atoms with Crippen LogP contribution in [0.1, 0.15) is 130 Å². The van der Waals surface area contributed by atoms with Crippen LogP contribution in [0.15, 0.2) is 30.8 Å². The van der Waals surface area contributed by atoms with Gasteiger partial charge in [0.25, 0.3) is 0 Å². The van der Waals surface area contributed by atoms with E-state index >= 15 is 0 Å². The van der Waals surface area contributed by atoms with Crippen LogP contribution in [0.3, 0.4) is 0 Å². The first-order chi connectivity index (χ1) is 16.3. The second kappa shape index (κ2) is 20.3. The van der Waals surface area contributed by atoms with E-state index in [0.717, 1.165) is 17.8 Å². The highest BCUT2D eigenvalue weighted by atomic mass is 35.5. The van der Waals surface area contributed by atoms with Gasteiger partial charge in [0.2, 0.25) is 0 Å². The van der Waals surface area contributed by atoms with Crippen molar-refractivity contribution >= 4 is 6.08 Å². The number of hydrogen-bond acceptors (Lipinski definition) is 0. The summed E-state index contributed by atoms with van der Waals surface area (Å²) in [7, 11) is 0. The predicted molar refractivity (Wildman–Crippen MR) is 155 cm³/mol. The Morgan fingerprint density at radius 3 is 1.46 bits per heavy atom. The maximum absolute atomic E-state index is 4.02. The van der Waals surface area contributed by atoms with Crippen molar-refractivity contribution in [1.82, 2.24) is 0 Å². The first kappa shape index (κ1) is 34.2. The molecule has 0 atom stereocenters. The normalized spacial score (nSPS) is 11.9. The third-order valence-corrected chi connectivity index (χ3v) is 7.45. The van der Waals surface area contributed by atoms with Gasteiger partial charge >= 0.3 is 0 Å². The van der Waals surface area contributed by atoms with Crippen LogP contribution in [-0.2, 0) is 6.54 Å². The summed E-state index contributed by atoms with van der Waals surface area (Å²) in [6.45, 7) is 23.4. The molecule has 1 aromatic rings. The summed E-state index contributed by atoms with van der Waals surface area (Å²) >= 11 is 0. The van der Waals surface area contributed by atoms with E-state index in [2.05, 4.69) is 72.4 Å². The molecule has 0 N–H and O–H groups in total. The summed E-state index contributed by atoms with van der Waals surface area (Å²) in [4.78, 5) is 0. The van der Waals surface area contributed by atoms with Crippen LogP contribution in [0.4, 0.5) is 0 Å². The topological polar surface area (TPSA) is 0 Å². The summed E-state index contributed by atoms with van der Waals surface area (Å²) < 4.78 is 1.30. The van der Waals surface area contributed by atoms with E-state index in [-0.39, 0.29) is 12.4 Å². The van der Waals surface area contributed by atoms with Crippen molar-refractivity contribution in [3.63, 3.8) is 0 Å². The first-order valence-corrected chi connectivity index (χ1v) is 14.8. The molecule has 0 fully saturated rings.